The molecule has 13 heavy (non-hydrogen) atoms. The molecule has 0 spiro atoms. The summed E-state index contributed by atoms with van der Waals surface area (Å²) >= 11 is 0. The molecule has 2 aliphatic rings. The molecule has 74 valence electrons. The zero-order valence-corrected chi connectivity index (χ0v) is 7.73. The highest BCUT2D eigenvalue weighted by molar-refractivity contribution is 5.74. The second-order valence-electron chi connectivity index (χ2n) is 3.74. The number of hydrogen-bond donors (Lipinski definition) is 1. The lowest BCUT2D eigenvalue weighted by Crippen LogP contribution is -2.38. The van der Waals surface area contributed by atoms with Crippen LogP contribution in [0.15, 0.2) is 0 Å². The Hall–Kier alpha value is -0.610. The molecule has 2 bridgehead atoms. The highest BCUT2D eigenvalue weighted by atomic mass is 16.5. The number of nitrogens with two attached hydrogens (primary N) is 1. The van der Waals surface area contributed by atoms with E-state index in [-0.39, 0.29) is 30.0 Å². The molecule has 0 aromatic carbocycles. The molecule has 2 heterocycles. The van der Waals surface area contributed by atoms with Gasteiger partial charge in [-0.1, -0.05) is 0 Å². The first-order valence-electron chi connectivity index (χ1n) is 4.71. The van der Waals surface area contributed by atoms with Crippen molar-refractivity contribution >= 4 is 5.97 Å². The third-order valence-corrected chi connectivity index (χ3v) is 3.17. The molecule has 0 aliphatic carbocycles. The van der Waals surface area contributed by atoms with E-state index < -0.39 is 0 Å². The molecular weight excluding hydrogens is 170 g/mol. The first-order chi connectivity index (χ1) is 6.27. The number of esters is 1. The van der Waals surface area contributed by atoms with Crippen LogP contribution in [0.2, 0.25) is 0 Å². The van der Waals surface area contributed by atoms with E-state index in [1.165, 1.54) is 7.11 Å². The van der Waals surface area contributed by atoms with E-state index >= 15 is 0 Å². The zero-order valence-electron chi connectivity index (χ0n) is 7.73. The minimum Gasteiger partial charge on any atom is -0.469 e. The molecule has 4 nitrogen and oxygen atoms in total. The van der Waals surface area contributed by atoms with Gasteiger partial charge in [-0.3, -0.25) is 4.79 Å². The van der Waals surface area contributed by atoms with E-state index in [1.54, 1.807) is 0 Å². The largest absolute Gasteiger partial charge is 0.469 e. The molecule has 0 amide bonds. The fraction of sp³-hybridized carbons (Fsp3) is 0.889. The van der Waals surface area contributed by atoms with E-state index in [0.717, 1.165) is 12.8 Å². The van der Waals surface area contributed by atoms with Crippen LogP contribution in [0.1, 0.15) is 12.8 Å². The van der Waals surface area contributed by atoms with Crippen molar-refractivity contribution in [2.75, 3.05) is 13.7 Å². The van der Waals surface area contributed by atoms with Gasteiger partial charge in [0.2, 0.25) is 0 Å². The first kappa shape index (κ1) is 8.97. The smallest absolute Gasteiger partial charge is 0.311 e. The fourth-order valence-corrected chi connectivity index (χ4v) is 2.54. The summed E-state index contributed by atoms with van der Waals surface area (Å²) in [5, 5.41) is 0. The van der Waals surface area contributed by atoms with Gasteiger partial charge in [0.15, 0.2) is 0 Å². The number of rotatable bonds is 2. The normalized spacial score (nSPS) is 42.3. The van der Waals surface area contributed by atoms with Crippen molar-refractivity contribution in [1.29, 1.82) is 0 Å². The van der Waals surface area contributed by atoms with E-state index in [1.807, 2.05) is 0 Å². The third kappa shape index (κ3) is 1.25. The Bertz CT molecular complexity index is 219. The quantitative estimate of drug-likeness (QED) is 0.611. The molecule has 2 N–H and O–H groups in total. The molecule has 4 atom stereocenters. The van der Waals surface area contributed by atoms with Crippen molar-refractivity contribution in [2.24, 2.45) is 17.6 Å². The summed E-state index contributed by atoms with van der Waals surface area (Å²) in [6, 6.07) is 0. The Labute approximate surface area is 77.4 Å². The average Bonchev–Trinajstić information content (AvgIpc) is 2.74. The van der Waals surface area contributed by atoms with Crippen LogP contribution in [0.4, 0.5) is 0 Å². The van der Waals surface area contributed by atoms with Gasteiger partial charge in [0.1, 0.15) is 0 Å². The van der Waals surface area contributed by atoms with Crippen LogP contribution < -0.4 is 5.73 Å². The van der Waals surface area contributed by atoms with Crippen LogP contribution >= 0.6 is 0 Å². The molecule has 0 aromatic heterocycles. The SMILES string of the molecule is COC(=O)C1C2CCC(O2)C1CN. The number of carbonyl (C=O) groups is 1. The lowest BCUT2D eigenvalue weighted by molar-refractivity contribution is -0.148. The predicted molar refractivity (Wildman–Crippen MR) is 45.9 cm³/mol. The molecule has 0 aromatic rings. The molecule has 0 radical (unpaired) electrons. The van der Waals surface area contributed by atoms with Crippen molar-refractivity contribution in [3.63, 3.8) is 0 Å². The average molecular weight is 185 g/mol. The topological polar surface area (TPSA) is 61.5 Å². The van der Waals surface area contributed by atoms with Crippen LogP contribution in [-0.4, -0.2) is 31.8 Å². The summed E-state index contributed by atoms with van der Waals surface area (Å²) in [7, 11) is 1.42. The summed E-state index contributed by atoms with van der Waals surface area (Å²) in [6.45, 7) is 0.515. The molecule has 4 unspecified atom stereocenters. The Kier molecular flexibility index (Phi) is 2.26. The zero-order chi connectivity index (χ0) is 9.42. The van der Waals surface area contributed by atoms with Gasteiger partial charge in [-0.25, -0.2) is 0 Å². The second-order valence-corrected chi connectivity index (χ2v) is 3.74. The fourth-order valence-electron chi connectivity index (χ4n) is 2.54. The van der Waals surface area contributed by atoms with Crippen molar-refractivity contribution < 1.29 is 14.3 Å². The minimum atomic E-state index is -0.164. The molecule has 2 aliphatic heterocycles. The van der Waals surface area contributed by atoms with E-state index in [9.17, 15) is 4.79 Å². The molecule has 2 saturated heterocycles. The summed E-state index contributed by atoms with van der Waals surface area (Å²) in [4.78, 5) is 11.4. The Morgan fingerprint density at radius 2 is 2.23 bits per heavy atom. The number of fused-ring (bicyclic) bond motifs is 2. The standard InChI is InChI=1S/C9H15NO3/c1-12-9(11)8-5(4-10)6-2-3-7(8)13-6/h5-8H,2-4,10H2,1H3. The van der Waals surface area contributed by atoms with E-state index in [0.29, 0.717) is 6.54 Å². The number of ether oxygens (including phenoxy) is 2. The maximum atomic E-state index is 11.4. The van der Waals surface area contributed by atoms with E-state index in [2.05, 4.69) is 0 Å². The second kappa shape index (κ2) is 3.27. The molecule has 2 rings (SSSR count). The maximum absolute atomic E-state index is 11.4. The van der Waals surface area contributed by atoms with Crippen LogP contribution in [0.25, 0.3) is 0 Å². The minimum absolute atomic E-state index is 0.0611. The first-order valence-corrected chi connectivity index (χ1v) is 4.71. The molecular formula is C9H15NO3. The number of methoxy groups -OCH3 is 1. The van der Waals surface area contributed by atoms with Crippen molar-refractivity contribution in [3.05, 3.63) is 0 Å². The van der Waals surface area contributed by atoms with Gasteiger partial charge in [0.25, 0.3) is 0 Å². The van der Waals surface area contributed by atoms with Gasteiger partial charge >= 0.3 is 5.97 Å². The molecule has 4 heteroatoms. The summed E-state index contributed by atoms with van der Waals surface area (Å²) in [6.07, 6.45) is 2.27. The Morgan fingerprint density at radius 3 is 2.85 bits per heavy atom. The summed E-state index contributed by atoms with van der Waals surface area (Å²) in [5.74, 6) is -0.109. The van der Waals surface area contributed by atoms with Gasteiger partial charge in [-0.05, 0) is 19.4 Å². The molecule has 2 fully saturated rings. The van der Waals surface area contributed by atoms with Crippen molar-refractivity contribution in [3.8, 4) is 0 Å². The van der Waals surface area contributed by atoms with Crippen molar-refractivity contribution in [1.82, 2.24) is 0 Å². The van der Waals surface area contributed by atoms with Crippen LogP contribution in [0, 0.1) is 11.8 Å². The van der Waals surface area contributed by atoms with Gasteiger partial charge < -0.3 is 15.2 Å². The monoisotopic (exact) mass is 185 g/mol. The number of carbonyl (C=O) groups excluding carboxylic acids is 1. The Morgan fingerprint density at radius 1 is 1.54 bits per heavy atom. The Balaban J connectivity index is 2.13. The highest BCUT2D eigenvalue weighted by Crippen LogP contribution is 2.43. The van der Waals surface area contributed by atoms with E-state index in [4.69, 9.17) is 15.2 Å². The van der Waals surface area contributed by atoms with Gasteiger partial charge in [0.05, 0.1) is 25.2 Å². The van der Waals surface area contributed by atoms with Gasteiger partial charge in [-0.2, -0.15) is 0 Å². The number of hydrogen-bond acceptors (Lipinski definition) is 4. The van der Waals surface area contributed by atoms with Gasteiger partial charge in [-0.15, -0.1) is 0 Å². The highest BCUT2D eigenvalue weighted by Gasteiger charge is 2.52. The predicted octanol–water partition coefficient (Wildman–Crippen LogP) is -0.0883. The molecule has 0 saturated carbocycles. The van der Waals surface area contributed by atoms with Crippen LogP contribution in [-0.2, 0) is 14.3 Å². The summed E-state index contributed by atoms with van der Waals surface area (Å²) in [5.41, 5.74) is 5.62. The van der Waals surface area contributed by atoms with Crippen molar-refractivity contribution in [2.45, 2.75) is 25.0 Å². The summed E-state index contributed by atoms with van der Waals surface area (Å²) < 4.78 is 10.4. The van der Waals surface area contributed by atoms with Crippen LogP contribution in [0.3, 0.4) is 0 Å². The lowest BCUT2D eigenvalue weighted by atomic mass is 9.79. The maximum Gasteiger partial charge on any atom is 0.311 e. The van der Waals surface area contributed by atoms with Crippen LogP contribution in [0.5, 0.6) is 0 Å². The van der Waals surface area contributed by atoms with Gasteiger partial charge in [0, 0.05) is 5.92 Å². The lowest BCUT2D eigenvalue weighted by Gasteiger charge is -2.24. The third-order valence-electron chi connectivity index (χ3n) is 3.17.